The molecule has 0 amide bonds. The third-order valence-corrected chi connectivity index (χ3v) is 2.58. The second-order valence-corrected chi connectivity index (χ2v) is 3.45. The third kappa shape index (κ3) is 4.25. The fourth-order valence-electron chi connectivity index (χ4n) is 1.71. The van der Waals surface area contributed by atoms with Gasteiger partial charge in [0.15, 0.2) is 0 Å². The molecule has 0 aromatic heterocycles. The first kappa shape index (κ1) is 12.9. The fourth-order valence-corrected chi connectivity index (χ4v) is 1.71. The van der Waals surface area contributed by atoms with Gasteiger partial charge in [0.1, 0.15) is 0 Å². The molecule has 0 heterocycles. The van der Waals surface area contributed by atoms with Crippen LogP contribution in [0.3, 0.4) is 0 Å². The summed E-state index contributed by atoms with van der Waals surface area (Å²) in [4.78, 5) is 21.2. The molecular formula is C10H18O4. The SMILES string of the molecule is CCC(CCC(=O)O)C(CC)C(=O)O. The van der Waals surface area contributed by atoms with Crippen LogP contribution >= 0.6 is 0 Å². The molecule has 0 aliphatic rings. The van der Waals surface area contributed by atoms with Gasteiger partial charge in [-0.2, -0.15) is 0 Å². The molecule has 2 atom stereocenters. The van der Waals surface area contributed by atoms with E-state index in [-0.39, 0.29) is 12.3 Å². The molecule has 0 fully saturated rings. The first-order chi connectivity index (χ1) is 6.52. The van der Waals surface area contributed by atoms with Gasteiger partial charge >= 0.3 is 11.9 Å². The van der Waals surface area contributed by atoms with Crippen molar-refractivity contribution in [1.29, 1.82) is 0 Å². The lowest BCUT2D eigenvalue weighted by atomic mass is 9.84. The smallest absolute Gasteiger partial charge is 0.306 e. The van der Waals surface area contributed by atoms with Crippen LogP contribution < -0.4 is 0 Å². The van der Waals surface area contributed by atoms with Gasteiger partial charge in [0, 0.05) is 6.42 Å². The monoisotopic (exact) mass is 202 g/mol. The molecule has 0 rings (SSSR count). The predicted molar refractivity (Wildman–Crippen MR) is 52.1 cm³/mol. The van der Waals surface area contributed by atoms with E-state index in [2.05, 4.69) is 0 Å². The summed E-state index contributed by atoms with van der Waals surface area (Å²) in [5.74, 6) is -2.10. The Labute approximate surface area is 83.9 Å². The van der Waals surface area contributed by atoms with Crippen molar-refractivity contribution in [2.24, 2.45) is 11.8 Å². The van der Waals surface area contributed by atoms with E-state index in [4.69, 9.17) is 10.2 Å². The van der Waals surface area contributed by atoms with Crippen LogP contribution in [0.4, 0.5) is 0 Å². The molecule has 4 heteroatoms. The molecule has 0 aliphatic heterocycles. The second-order valence-electron chi connectivity index (χ2n) is 3.45. The number of aliphatic carboxylic acids is 2. The molecule has 0 saturated heterocycles. The van der Waals surface area contributed by atoms with Crippen LogP contribution in [0.2, 0.25) is 0 Å². The lowest BCUT2D eigenvalue weighted by Crippen LogP contribution is -2.23. The van der Waals surface area contributed by atoms with Crippen molar-refractivity contribution in [3.8, 4) is 0 Å². The minimum absolute atomic E-state index is 0.0198. The summed E-state index contributed by atoms with van der Waals surface area (Å²) in [5.41, 5.74) is 0. The van der Waals surface area contributed by atoms with Gasteiger partial charge in [0.25, 0.3) is 0 Å². The minimum Gasteiger partial charge on any atom is -0.481 e. The zero-order valence-electron chi connectivity index (χ0n) is 8.69. The van der Waals surface area contributed by atoms with Crippen molar-refractivity contribution in [1.82, 2.24) is 0 Å². The van der Waals surface area contributed by atoms with Crippen LogP contribution in [-0.2, 0) is 9.59 Å². The first-order valence-corrected chi connectivity index (χ1v) is 4.97. The van der Waals surface area contributed by atoms with E-state index in [1.54, 1.807) is 0 Å². The van der Waals surface area contributed by atoms with E-state index in [9.17, 15) is 9.59 Å². The largest absolute Gasteiger partial charge is 0.481 e. The quantitative estimate of drug-likeness (QED) is 0.662. The van der Waals surface area contributed by atoms with Crippen LogP contribution in [0.15, 0.2) is 0 Å². The molecule has 0 aromatic rings. The molecule has 14 heavy (non-hydrogen) atoms. The van der Waals surface area contributed by atoms with Crippen LogP contribution in [0.1, 0.15) is 39.5 Å². The number of carboxylic acid groups (broad SMARTS) is 2. The van der Waals surface area contributed by atoms with Crippen LogP contribution in [0.5, 0.6) is 0 Å². The highest BCUT2D eigenvalue weighted by atomic mass is 16.4. The highest BCUT2D eigenvalue weighted by Gasteiger charge is 2.25. The third-order valence-electron chi connectivity index (χ3n) is 2.58. The van der Waals surface area contributed by atoms with Gasteiger partial charge in [0.05, 0.1) is 5.92 Å². The van der Waals surface area contributed by atoms with E-state index in [1.165, 1.54) is 0 Å². The van der Waals surface area contributed by atoms with Gasteiger partial charge in [-0.3, -0.25) is 9.59 Å². The molecule has 0 radical (unpaired) electrons. The van der Waals surface area contributed by atoms with Crippen molar-refractivity contribution < 1.29 is 19.8 Å². The Morgan fingerprint density at radius 1 is 1.14 bits per heavy atom. The minimum atomic E-state index is -0.858. The summed E-state index contributed by atoms with van der Waals surface area (Å²) >= 11 is 0. The molecule has 0 aliphatic carbocycles. The second kappa shape index (κ2) is 6.40. The van der Waals surface area contributed by atoms with Gasteiger partial charge in [0.2, 0.25) is 0 Å². The molecule has 0 saturated carbocycles. The fraction of sp³-hybridized carbons (Fsp3) is 0.800. The van der Waals surface area contributed by atoms with Gasteiger partial charge < -0.3 is 10.2 Å². The van der Waals surface area contributed by atoms with E-state index in [0.717, 1.165) is 6.42 Å². The van der Waals surface area contributed by atoms with Crippen molar-refractivity contribution in [2.75, 3.05) is 0 Å². The summed E-state index contributed by atoms with van der Waals surface area (Å²) in [6, 6.07) is 0. The number of rotatable bonds is 7. The van der Waals surface area contributed by atoms with Gasteiger partial charge in [-0.1, -0.05) is 20.3 Å². The molecular weight excluding hydrogens is 184 g/mol. The Kier molecular flexibility index (Phi) is 5.92. The molecule has 0 bridgehead atoms. The average Bonchev–Trinajstić information content (AvgIpc) is 2.10. The normalized spacial score (nSPS) is 14.7. The lowest BCUT2D eigenvalue weighted by molar-refractivity contribution is -0.145. The maximum absolute atomic E-state index is 10.8. The molecule has 0 spiro atoms. The standard InChI is InChI=1S/C10H18O4/c1-3-7(5-6-9(11)12)8(4-2)10(13)14/h7-8H,3-6H2,1-2H3,(H,11,12)(H,13,14). The van der Waals surface area contributed by atoms with Crippen molar-refractivity contribution >= 4 is 11.9 Å². The zero-order valence-corrected chi connectivity index (χ0v) is 8.69. The molecule has 2 unspecified atom stereocenters. The van der Waals surface area contributed by atoms with Crippen molar-refractivity contribution in [2.45, 2.75) is 39.5 Å². The number of carbonyl (C=O) groups is 2. The highest BCUT2D eigenvalue weighted by molar-refractivity contribution is 5.70. The van der Waals surface area contributed by atoms with Crippen LogP contribution in [-0.4, -0.2) is 22.2 Å². The number of hydrogen-bond donors (Lipinski definition) is 2. The van der Waals surface area contributed by atoms with E-state index < -0.39 is 17.9 Å². The average molecular weight is 202 g/mol. The first-order valence-electron chi connectivity index (χ1n) is 4.97. The number of hydrogen-bond acceptors (Lipinski definition) is 2. The Bertz CT molecular complexity index is 200. The van der Waals surface area contributed by atoms with Gasteiger partial charge in [-0.05, 0) is 18.8 Å². The van der Waals surface area contributed by atoms with Crippen molar-refractivity contribution in [3.63, 3.8) is 0 Å². The highest BCUT2D eigenvalue weighted by Crippen LogP contribution is 2.24. The van der Waals surface area contributed by atoms with Gasteiger partial charge in [-0.15, -0.1) is 0 Å². The summed E-state index contributed by atoms with van der Waals surface area (Å²) in [6.07, 6.45) is 1.80. The topological polar surface area (TPSA) is 74.6 Å². The Morgan fingerprint density at radius 2 is 1.71 bits per heavy atom. The summed E-state index contributed by atoms with van der Waals surface area (Å²) in [5, 5.41) is 17.4. The predicted octanol–water partition coefficient (Wildman–Crippen LogP) is 1.99. The van der Waals surface area contributed by atoms with Crippen LogP contribution in [0.25, 0.3) is 0 Å². The summed E-state index contributed by atoms with van der Waals surface area (Å²) in [6.45, 7) is 3.72. The van der Waals surface area contributed by atoms with E-state index >= 15 is 0 Å². The maximum Gasteiger partial charge on any atom is 0.306 e. The summed E-state index contributed by atoms with van der Waals surface area (Å²) in [7, 11) is 0. The Balaban J connectivity index is 4.21. The molecule has 82 valence electrons. The van der Waals surface area contributed by atoms with Crippen LogP contribution in [0, 0.1) is 11.8 Å². The van der Waals surface area contributed by atoms with E-state index in [0.29, 0.717) is 12.8 Å². The maximum atomic E-state index is 10.8. The molecule has 2 N–H and O–H groups in total. The Morgan fingerprint density at radius 3 is 2.00 bits per heavy atom. The molecule has 4 nitrogen and oxygen atoms in total. The van der Waals surface area contributed by atoms with Gasteiger partial charge in [-0.25, -0.2) is 0 Å². The number of carboxylic acids is 2. The van der Waals surface area contributed by atoms with E-state index in [1.807, 2.05) is 13.8 Å². The summed E-state index contributed by atoms with van der Waals surface area (Å²) < 4.78 is 0. The zero-order chi connectivity index (χ0) is 11.1. The molecule has 0 aromatic carbocycles. The lowest BCUT2D eigenvalue weighted by Gasteiger charge is -2.20. The Hall–Kier alpha value is -1.06. The van der Waals surface area contributed by atoms with Crippen molar-refractivity contribution in [3.05, 3.63) is 0 Å².